The van der Waals surface area contributed by atoms with E-state index in [1.807, 2.05) is 0 Å². The van der Waals surface area contributed by atoms with Crippen molar-refractivity contribution < 1.29 is 8.42 Å². The van der Waals surface area contributed by atoms with E-state index in [0.717, 1.165) is 30.2 Å². The van der Waals surface area contributed by atoms with Gasteiger partial charge in [-0.1, -0.05) is 15.9 Å². The Hall–Kier alpha value is -0.430. The van der Waals surface area contributed by atoms with Gasteiger partial charge in [0.2, 0.25) is 10.0 Å². The maximum absolute atomic E-state index is 12.1. The van der Waals surface area contributed by atoms with Gasteiger partial charge in [-0.05, 0) is 49.9 Å². The molecule has 100 valence electrons. The normalized spacial score (nSPS) is 25.0. The van der Waals surface area contributed by atoms with Crippen molar-refractivity contribution in [3.63, 3.8) is 0 Å². The fraction of sp³-hybridized carbons (Fsp3) is 0.500. The number of sulfonamides is 1. The van der Waals surface area contributed by atoms with Crippen LogP contribution >= 0.6 is 15.9 Å². The molecule has 2 rings (SSSR count). The lowest BCUT2D eigenvalue weighted by Gasteiger charge is -2.26. The molecule has 1 aromatic rings. The van der Waals surface area contributed by atoms with Gasteiger partial charge in [0.15, 0.2) is 0 Å². The topological polar surface area (TPSA) is 72.2 Å². The van der Waals surface area contributed by atoms with Gasteiger partial charge < -0.3 is 5.73 Å². The van der Waals surface area contributed by atoms with E-state index in [-0.39, 0.29) is 12.1 Å². The van der Waals surface area contributed by atoms with Crippen LogP contribution in [0.5, 0.6) is 0 Å². The minimum atomic E-state index is -3.41. The molecule has 0 amide bonds. The Morgan fingerprint density at radius 2 is 1.67 bits per heavy atom. The first-order valence-electron chi connectivity index (χ1n) is 6.01. The smallest absolute Gasteiger partial charge is 0.240 e. The lowest BCUT2D eigenvalue weighted by atomic mass is 9.93. The van der Waals surface area contributed by atoms with Gasteiger partial charge in [-0.25, -0.2) is 13.1 Å². The van der Waals surface area contributed by atoms with E-state index in [2.05, 4.69) is 20.7 Å². The minimum Gasteiger partial charge on any atom is -0.328 e. The summed E-state index contributed by atoms with van der Waals surface area (Å²) in [5.41, 5.74) is 5.81. The first-order valence-corrected chi connectivity index (χ1v) is 8.28. The highest BCUT2D eigenvalue weighted by Gasteiger charge is 2.24. The van der Waals surface area contributed by atoms with Crippen LogP contribution in [0.4, 0.5) is 0 Å². The average molecular weight is 333 g/mol. The van der Waals surface area contributed by atoms with Gasteiger partial charge in [0, 0.05) is 16.6 Å². The number of halogens is 1. The van der Waals surface area contributed by atoms with Crippen molar-refractivity contribution in [2.75, 3.05) is 0 Å². The molecule has 0 radical (unpaired) electrons. The zero-order valence-electron chi connectivity index (χ0n) is 9.97. The van der Waals surface area contributed by atoms with E-state index in [1.54, 1.807) is 24.3 Å². The monoisotopic (exact) mass is 332 g/mol. The van der Waals surface area contributed by atoms with Gasteiger partial charge in [-0.3, -0.25) is 0 Å². The Labute approximate surface area is 116 Å². The number of nitrogens with two attached hydrogens (primary N) is 1. The number of hydrogen-bond donors (Lipinski definition) is 2. The van der Waals surface area contributed by atoms with Crippen LogP contribution in [0.25, 0.3) is 0 Å². The zero-order valence-corrected chi connectivity index (χ0v) is 12.4. The first-order chi connectivity index (χ1) is 8.47. The van der Waals surface area contributed by atoms with Gasteiger partial charge in [0.05, 0.1) is 4.90 Å². The Morgan fingerprint density at radius 3 is 2.22 bits per heavy atom. The molecule has 3 N–H and O–H groups in total. The molecule has 1 fully saturated rings. The quantitative estimate of drug-likeness (QED) is 0.889. The molecule has 0 saturated heterocycles. The van der Waals surface area contributed by atoms with Crippen LogP contribution < -0.4 is 10.5 Å². The van der Waals surface area contributed by atoms with Crippen molar-refractivity contribution in [3.8, 4) is 0 Å². The van der Waals surface area contributed by atoms with Crippen molar-refractivity contribution in [1.82, 2.24) is 4.72 Å². The molecule has 1 aliphatic carbocycles. The van der Waals surface area contributed by atoms with Crippen LogP contribution in [-0.4, -0.2) is 20.5 Å². The number of rotatable bonds is 3. The second-order valence-electron chi connectivity index (χ2n) is 4.69. The van der Waals surface area contributed by atoms with Gasteiger partial charge in [-0.15, -0.1) is 0 Å². The maximum atomic E-state index is 12.1. The van der Waals surface area contributed by atoms with E-state index < -0.39 is 10.0 Å². The molecule has 4 nitrogen and oxygen atoms in total. The van der Waals surface area contributed by atoms with Gasteiger partial charge in [0.25, 0.3) is 0 Å². The minimum absolute atomic E-state index is 0.0125. The van der Waals surface area contributed by atoms with Crippen LogP contribution in [0, 0.1) is 0 Å². The maximum Gasteiger partial charge on any atom is 0.240 e. The summed E-state index contributed by atoms with van der Waals surface area (Å²) in [7, 11) is -3.41. The predicted molar refractivity (Wildman–Crippen MR) is 74.7 cm³/mol. The third-order valence-electron chi connectivity index (χ3n) is 3.22. The Balaban J connectivity index is 2.05. The van der Waals surface area contributed by atoms with E-state index in [9.17, 15) is 8.42 Å². The highest BCUT2D eigenvalue weighted by atomic mass is 79.9. The molecule has 0 heterocycles. The van der Waals surface area contributed by atoms with Crippen molar-refractivity contribution in [3.05, 3.63) is 28.7 Å². The van der Waals surface area contributed by atoms with Crippen LogP contribution in [-0.2, 0) is 10.0 Å². The lowest BCUT2D eigenvalue weighted by molar-refractivity contribution is 0.373. The molecule has 0 aromatic heterocycles. The van der Waals surface area contributed by atoms with Crippen molar-refractivity contribution in [2.45, 2.75) is 42.7 Å². The SMILES string of the molecule is NC1CCC(NS(=O)(=O)c2ccc(Br)cc2)CC1. The predicted octanol–water partition coefficient (Wildman–Crippen LogP) is 2.00. The molecule has 6 heteroatoms. The summed E-state index contributed by atoms with van der Waals surface area (Å²) in [6.45, 7) is 0. The number of benzene rings is 1. The molecule has 1 saturated carbocycles. The average Bonchev–Trinajstić information content (AvgIpc) is 2.32. The molecule has 0 unspecified atom stereocenters. The van der Waals surface area contributed by atoms with Crippen LogP contribution in [0.3, 0.4) is 0 Å². The summed E-state index contributed by atoms with van der Waals surface area (Å²) in [5.74, 6) is 0. The van der Waals surface area contributed by atoms with Crippen molar-refractivity contribution in [1.29, 1.82) is 0 Å². The Kier molecular flexibility index (Phi) is 4.42. The summed E-state index contributed by atoms with van der Waals surface area (Å²) in [5, 5.41) is 0. The van der Waals surface area contributed by atoms with E-state index in [4.69, 9.17) is 5.73 Å². The summed E-state index contributed by atoms with van der Waals surface area (Å²) in [6, 6.07) is 6.88. The third kappa shape index (κ3) is 3.54. The zero-order chi connectivity index (χ0) is 13.2. The largest absolute Gasteiger partial charge is 0.328 e. The standard InChI is InChI=1S/C12H17BrN2O2S/c13-9-1-7-12(8-2-9)18(16,17)15-11-5-3-10(14)4-6-11/h1-2,7-8,10-11,15H,3-6,14H2. The summed E-state index contributed by atoms with van der Waals surface area (Å²) in [4.78, 5) is 0.306. The number of hydrogen-bond acceptors (Lipinski definition) is 3. The first kappa shape index (κ1) is 14.0. The van der Waals surface area contributed by atoms with Crippen molar-refractivity contribution >= 4 is 26.0 Å². The van der Waals surface area contributed by atoms with Crippen LogP contribution in [0.15, 0.2) is 33.6 Å². The molecule has 0 bridgehead atoms. The fourth-order valence-corrected chi connectivity index (χ4v) is 3.71. The second kappa shape index (κ2) is 5.69. The molecular formula is C12H17BrN2O2S. The second-order valence-corrected chi connectivity index (χ2v) is 7.32. The Morgan fingerprint density at radius 1 is 1.11 bits per heavy atom. The van der Waals surface area contributed by atoms with E-state index in [1.165, 1.54) is 0 Å². The summed E-state index contributed by atoms with van der Waals surface area (Å²) < 4.78 is 27.9. The van der Waals surface area contributed by atoms with Crippen LogP contribution in [0.1, 0.15) is 25.7 Å². The van der Waals surface area contributed by atoms with E-state index >= 15 is 0 Å². The summed E-state index contributed by atoms with van der Waals surface area (Å²) >= 11 is 3.29. The molecule has 1 aromatic carbocycles. The van der Waals surface area contributed by atoms with Gasteiger partial charge >= 0.3 is 0 Å². The Bertz CT molecular complexity index is 493. The van der Waals surface area contributed by atoms with Crippen molar-refractivity contribution in [2.24, 2.45) is 5.73 Å². The molecule has 1 aliphatic rings. The fourth-order valence-electron chi connectivity index (χ4n) is 2.14. The molecule has 18 heavy (non-hydrogen) atoms. The number of nitrogens with one attached hydrogen (secondary N) is 1. The molecule has 0 atom stereocenters. The van der Waals surface area contributed by atoms with Gasteiger partial charge in [0.1, 0.15) is 0 Å². The highest BCUT2D eigenvalue weighted by Crippen LogP contribution is 2.20. The van der Waals surface area contributed by atoms with Crippen LogP contribution in [0.2, 0.25) is 0 Å². The summed E-state index contributed by atoms with van der Waals surface area (Å²) in [6.07, 6.45) is 3.40. The lowest BCUT2D eigenvalue weighted by Crippen LogP contribution is -2.40. The molecular weight excluding hydrogens is 316 g/mol. The van der Waals surface area contributed by atoms with Gasteiger partial charge in [-0.2, -0.15) is 0 Å². The van der Waals surface area contributed by atoms with E-state index in [0.29, 0.717) is 4.90 Å². The highest BCUT2D eigenvalue weighted by molar-refractivity contribution is 9.10. The molecule has 0 spiro atoms. The third-order valence-corrected chi connectivity index (χ3v) is 5.28. The molecule has 0 aliphatic heterocycles.